The molecule has 0 saturated carbocycles. The summed E-state index contributed by atoms with van der Waals surface area (Å²) >= 11 is 0. The van der Waals surface area contributed by atoms with Gasteiger partial charge < -0.3 is 4.74 Å². The number of hydrogen-bond acceptors (Lipinski definition) is 4. The molecule has 106 valence electrons. The van der Waals surface area contributed by atoms with Crippen molar-refractivity contribution in [1.29, 1.82) is 0 Å². The minimum atomic E-state index is -0.0543. The van der Waals surface area contributed by atoms with Gasteiger partial charge in [-0.2, -0.15) is 0 Å². The Morgan fingerprint density at radius 3 is 2.50 bits per heavy atom. The first kappa shape index (κ1) is 14.5. The molecule has 1 atom stereocenters. The molecule has 0 fully saturated rings. The second kappa shape index (κ2) is 6.03. The monoisotopic (exact) mass is 271 g/mol. The molecular formula is C16H21N3O. The molecule has 3 N–H and O–H groups in total. The van der Waals surface area contributed by atoms with Crippen LogP contribution >= 0.6 is 0 Å². The van der Waals surface area contributed by atoms with Gasteiger partial charge in [-0.05, 0) is 61.2 Å². The van der Waals surface area contributed by atoms with Gasteiger partial charge in [0.05, 0.1) is 13.2 Å². The first-order chi connectivity index (χ1) is 9.56. The molecule has 0 radical (unpaired) electrons. The molecule has 0 saturated heterocycles. The van der Waals surface area contributed by atoms with Gasteiger partial charge in [-0.25, -0.2) is 5.43 Å². The van der Waals surface area contributed by atoms with Crippen LogP contribution in [0.3, 0.4) is 0 Å². The van der Waals surface area contributed by atoms with Gasteiger partial charge in [0.2, 0.25) is 0 Å². The predicted molar refractivity (Wildman–Crippen MR) is 80.6 cm³/mol. The highest BCUT2D eigenvalue weighted by atomic mass is 16.5. The number of nitrogens with zero attached hydrogens (tertiary/aromatic N) is 1. The van der Waals surface area contributed by atoms with Crippen LogP contribution in [0.2, 0.25) is 0 Å². The van der Waals surface area contributed by atoms with Crippen molar-refractivity contribution >= 4 is 0 Å². The van der Waals surface area contributed by atoms with E-state index in [1.165, 1.54) is 0 Å². The minimum absolute atomic E-state index is 0.0543. The van der Waals surface area contributed by atoms with Crippen LogP contribution in [0.25, 0.3) is 0 Å². The Labute approximate surface area is 120 Å². The second-order valence-electron chi connectivity index (χ2n) is 5.01. The van der Waals surface area contributed by atoms with Gasteiger partial charge in [0, 0.05) is 11.9 Å². The third kappa shape index (κ3) is 2.81. The number of aryl methyl sites for hydroxylation is 3. The molecule has 1 unspecified atom stereocenters. The number of pyridine rings is 1. The Kier molecular flexibility index (Phi) is 4.37. The Morgan fingerprint density at radius 1 is 1.15 bits per heavy atom. The fourth-order valence-electron chi connectivity index (χ4n) is 2.46. The normalized spacial score (nSPS) is 12.2. The average molecular weight is 271 g/mol. The van der Waals surface area contributed by atoms with Crippen LogP contribution in [-0.2, 0) is 0 Å². The molecule has 0 aliphatic rings. The highest BCUT2D eigenvalue weighted by Crippen LogP contribution is 2.29. The maximum absolute atomic E-state index is 5.77. The van der Waals surface area contributed by atoms with Crippen molar-refractivity contribution < 1.29 is 4.74 Å². The Hall–Kier alpha value is -1.91. The number of hydrazine groups is 1. The van der Waals surface area contributed by atoms with Crippen molar-refractivity contribution in [2.24, 2.45) is 5.84 Å². The summed E-state index contributed by atoms with van der Waals surface area (Å²) in [7, 11) is 1.69. The molecule has 0 bridgehead atoms. The van der Waals surface area contributed by atoms with Gasteiger partial charge in [-0.15, -0.1) is 0 Å². The van der Waals surface area contributed by atoms with Gasteiger partial charge in [0.15, 0.2) is 0 Å². The molecule has 2 aromatic rings. The highest BCUT2D eigenvalue weighted by Gasteiger charge is 2.16. The van der Waals surface area contributed by atoms with Crippen molar-refractivity contribution in [2.45, 2.75) is 26.8 Å². The predicted octanol–water partition coefficient (Wildman–Crippen LogP) is 2.57. The summed E-state index contributed by atoms with van der Waals surface area (Å²) in [4.78, 5) is 4.23. The van der Waals surface area contributed by atoms with Crippen molar-refractivity contribution in [2.75, 3.05) is 7.11 Å². The van der Waals surface area contributed by atoms with Crippen LogP contribution in [0.15, 0.2) is 30.5 Å². The van der Waals surface area contributed by atoms with E-state index in [4.69, 9.17) is 10.6 Å². The Balaban J connectivity index is 2.49. The zero-order valence-corrected chi connectivity index (χ0v) is 12.4. The number of methoxy groups -OCH3 is 1. The first-order valence-electron chi connectivity index (χ1n) is 6.60. The summed E-state index contributed by atoms with van der Waals surface area (Å²) in [6.45, 7) is 6.08. The summed E-state index contributed by atoms with van der Waals surface area (Å²) in [5, 5.41) is 0. The van der Waals surface area contributed by atoms with E-state index in [0.29, 0.717) is 0 Å². The molecule has 1 aromatic heterocycles. The maximum atomic E-state index is 5.77. The molecule has 0 aliphatic heterocycles. The zero-order valence-electron chi connectivity index (χ0n) is 12.4. The summed E-state index contributed by atoms with van der Waals surface area (Å²) < 4.78 is 5.36. The average Bonchev–Trinajstić information content (AvgIpc) is 2.43. The molecule has 20 heavy (non-hydrogen) atoms. The fraction of sp³-hybridized carbons (Fsp3) is 0.312. The second-order valence-corrected chi connectivity index (χ2v) is 5.01. The molecule has 2 rings (SSSR count). The van der Waals surface area contributed by atoms with E-state index in [1.54, 1.807) is 13.3 Å². The van der Waals surface area contributed by atoms with Gasteiger partial charge in [-0.3, -0.25) is 10.8 Å². The van der Waals surface area contributed by atoms with E-state index >= 15 is 0 Å². The summed E-state index contributed by atoms with van der Waals surface area (Å²) in [5.74, 6) is 6.67. The van der Waals surface area contributed by atoms with Crippen LogP contribution < -0.4 is 16.0 Å². The van der Waals surface area contributed by atoms with E-state index in [9.17, 15) is 0 Å². The maximum Gasteiger partial charge on any atom is 0.122 e. The molecular weight excluding hydrogens is 250 g/mol. The Bertz CT molecular complexity index is 611. The molecule has 1 aromatic carbocycles. The quantitative estimate of drug-likeness (QED) is 0.663. The lowest BCUT2D eigenvalue weighted by atomic mass is 9.93. The smallest absolute Gasteiger partial charge is 0.122 e. The van der Waals surface area contributed by atoms with Crippen molar-refractivity contribution in [3.63, 3.8) is 0 Å². The lowest BCUT2D eigenvalue weighted by Gasteiger charge is -2.21. The fourth-order valence-corrected chi connectivity index (χ4v) is 2.46. The number of aromatic nitrogens is 1. The lowest BCUT2D eigenvalue weighted by molar-refractivity contribution is 0.411. The summed E-state index contributed by atoms with van der Waals surface area (Å²) in [5.41, 5.74) is 8.37. The molecule has 1 heterocycles. The number of nitrogens with two attached hydrogens (primary N) is 1. The third-order valence-corrected chi connectivity index (χ3v) is 3.52. The van der Waals surface area contributed by atoms with Crippen LogP contribution in [0.4, 0.5) is 0 Å². The van der Waals surface area contributed by atoms with E-state index < -0.39 is 0 Å². The summed E-state index contributed by atoms with van der Waals surface area (Å²) in [6.07, 6.45) is 1.81. The van der Waals surface area contributed by atoms with Crippen LogP contribution in [-0.4, -0.2) is 12.1 Å². The van der Waals surface area contributed by atoms with Gasteiger partial charge in [0.1, 0.15) is 5.75 Å². The lowest BCUT2D eigenvalue weighted by Crippen LogP contribution is -2.29. The SMILES string of the molecule is COc1cc(C)c(C(NN)c2ccnc(C)c2)cc1C. The number of rotatable bonds is 4. The summed E-state index contributed by atoms with van der Waals surface area (Å²) in [6, 6.07) is 8.14. The van der Waals surface area contributed by atoms with E-state index in [0.717, 1.165) is 33.7 Å². The third-order valence-electron chi connectivity index (χ3n) is 3.52. The van der Waals surface area contributed by atoms with Crippen molar-refractivity contribution in [3.8, 4) is 5.75 Å². The minimum Gasteiger partial charge on any atom is -0.496 e. The number of benzene rings is 1. The van der Waals surface area contributed by atoms with Crippen LogP contribution in [0.5, 0.6) is 5.75 Å². The van der Waals surface area contributed by atoms with Crippen LogP contribution in [0.1, 0.15) is 34.0 Å². The van der Waals surface area contributed by atoms with Crippen molar-refractivity contribution in [1.82, 2.24) is 10.4 Å². The topological polar surface area (TPSA) is 60.2 Å². The first-order valence-corrected chi connectivity index (χ1v) is 6.60. The van der Waals surface area contributed by atoms with Gasteiger partial charge in [-0.1, -0.05) is 6.07 Å². The van der Waals surface area contributed by atoms with Crippen molar-refractivity contribution in [3.05, 3.63) is 58.4 Å². The van der Waals surface area contributed by atoms with E-state index in [2.05, 4.69) is 23.4 Å². The highest BCUT2D eigenvalue weighted by molar-refractivity contribution is 5.45. The standard InChI is InChI=1S/C16H21N3O/c1-10-8-15(20-4)11(2)7-14(10)16(19-17)13-5-6-18-12(3)9-13/h5-9,16,19H,17H2,1-4H3. The molecule has 0 amide bonds. The number of hydrogen-bond donors (Lipinski definition) is 2. The zero-order chi connectivity index (χ0) is 14.7. The van der Waals surface area contributed by atoms with Gasteiger partial charge in [0.25, 0.3) is 0 Å². The largest absolute Gasteiger partial charge is 0.496 e. The van der Waals surface area contributed by atoms with E-state index in [1.807, 2.05) is 32.0 Å². The molecule has 0 spiro atoms. The molecule has 4 heteroatoms. The van der Waals surface area contributed by atoms with E-state index in [-0.39, 0.29) is 6.04 Å². The number of nitrogens with one attached hydrogen (secondary N) is 1. The van der Waals surface area contributed by atoms with Crippen LogP contribution in [0, 0.1) is 20.8 Å². The molecule has 4 nitrogen and oxygen atoms in total. The number of ether oxygens (including phenoxy) is 1. The molecule has 0 aliphatic carbocycles. The Morgan fingerprint density at radius 2 is 1.90 bits per heavy atom. The van der Waals surface area contributed by atoms with Gasteiger partial charge >= 0.3 is 0 Å².